The summed E-state index contributed by atoms with van der Waals surface area (Å²) in [6.07, 6.45) is 15.6. The Morgan fingerprint density at radius 2 is 1.48 bits per heavy atom. The zero-order valence-corrected chi connectivity index (χ0v) is 14.8. The molecule has 2 aliphatic carbocycles. The lowest BCUT2D eigenvalue weighted by atomic mass is 9.72. The molecule has 0 radical (unpaired) electrons. The van der Waals surface area contributed by atoms with Crippen molar-refractivity contribution in [2.45, 2.75) is 83.5 Å². The molecule has 0 heterocycles. The molecule has 0 spiro atoms. The number of rotatable bonds is 4. The maximum atomic E-state index is 13.1. The first kappa shape index (κ1) is 17.0. The van der Waals surface area contributed by atoms with E-state index in [-0.39, 0.29) is 5.82 Å². The van der Waals surface area contributed by atoms with Crippen molar-refractivity contribution < 1.29 is 4.39 Å². The van der Waals surface area contributed by atoms with Gasteiger partial charge in [-0.05, 0) is 73.5 Å². The molecular weight excluding hydrogens is 283 g/mol. The van der Waals surface area contributed by atoms with Crippen LogP contribution in [0, 0.1) is 23.6 Å². The van der Waals surface area contributed by atoms with Crippen molar-refractivity contribution in [3.8, 4) is 0 Å². The SMILES string of the molecule is CCCC1CCCC(C2CCC(c3ccc(F)cc3)CC2)CC1. The summed E-state index contributed by atoms with van der Waals surface area (Å²) in [5.74, 6) is 3.53. The minimum absolute atomic E-state index is 0.109. The summed E-state index contributed by atoms with van der Waals surface area (Å²) in [4.78, 5) is 0. The Bertz CT molecular complexity index is 455. The van der Waals surface area contributed by atoms with E-state index in [1.807, 2.05) is 12.1 Å². The van der Waals surface area contributed by atoms with Crippen LogP contribution in [0.15, 0.2) is 24.3 Å². The summed E-state index contributed by atoms with van der Waals surface area (Å²) >= 11 is 0. The molecule has 0 aliphatic heterocycles. The van der Waals surface area contributed by atoms with Crippen LogP contribution in [0.25, 0.3) is 0 Å². The maximum absolute atomic E-state index is 13.1. The largest absolute Gasteiger partial charge is 0.207 e. The Morgan fingerprint density at radius 1 is 0.826 bits per heavy atom. The van der Waals surface area contributed by atoms with Gasteiger partial charge < -0.3 is 0 Å². The van der Waals surface area contributed by atoms with Crippen LogP contribution in [0.1, 0.15) is 89.0 Å². The molecule has 0 aromatic heterocycles. The van der Waals surface area contributed by atoms with Gasteiger partial charge in [-0.2, -0.15) is 0 Å². The third-order valence-electron chi connectivity index (χ3n) is 6.61. The molecule has 128 valence electrons. The summed E-state index contributed by atoms with van der Waals surface area (Å²) < 4.78 is 13.1. The van der Waals surface area contributed by atoms with Gasteiger partial charge in [-0.15, -0.1) is 0 Å². The first-order valence-corrected chi connectivity index (χ1v) is 10.0. The zero-order valence-electron chi connectivity index (χ0n) is 14.8. The van der Waals surface area contributed by atoms with Crippen LogP contribution in [-0.4, -0.2) is 0 Å². The number of halogens is 1. The van der Waals surface area contributed by atoms with Crippen LogP contribution in [0.4, 0.5) is 4.39 Å². The summed E-state index contributed by atoms with van der Waals surface area (Å²) in [5.41, 5.74) is 1.36. The number of benzene rings is 1. The van der Waals surface area contributed by atoms with Gasteiger partial charge in [0.2, 0.25) is 0 Å². The topological polar surface area (TPSA) is 0 Å². The molecule has 0 bridgehead atoms. The van der Waals surface area contributed by atoms with Crippen LogP contribution in [-0.2, 0) is 0 Å². The van der Waals surface area contributed by atoms with Gasteiger partial charge in [0.1, 0.15) is 5.82 Å². The highest BCUT2D eigenvalue weighted by molar-refractivity contribution is 5.20. The minimum Gasteiger partial charge on any atom is -0.207 e. The second kappa shape index (κ2) is 8.31. The van der Waals surface area contributed by atoms with E-state index in [4.69, 9.17) is 0 Å². The first-order chi connectivity index (χ1) is 11.3. The van der Waals surface area contributed by atoms with E-state index in [9.17, 15) is 4.39 Å². The average molecular weight is 317 g/mol. The van der Waals surface area contributed by atoms with Crippen molar-refractivity contribution >= 4 is 0 Å². The summed E-state index contributed by atoms with van der Waals surface area (Å²) in [7, 11) is 0. The van der Waals surface area contributed by atoms with Gasteiger partial charge in [-0.25, -0.2) is 4.39 Å². The second-order valence-corrected chi connectivity index (χ2v) is 8.09. The van der Waals surface area contributed by atoms with Crippen molar-refractivity contribution in [3.05, 3.63) is 35.6 Å². The molecule has 3 rings (SSSR count). The molecule has 0 N–H and O–H groups in total. The molecule has 0 saturated heterocycles. The number of hydrogen-bond donors (Lipinski definition) is 0. The predicted molar refractivity (Wildman–Crippen MR) is 96.1 cm³/mol. The van der Waals surface area contributed by atoms with Crippen molar-refractivity contribution in [2.24, 2.45) is 17.8 Å². The van der Waals surface area contributed by atoms with Gasteiger partial charge in [0.05, 0.1) is 0 Å². The normalized spacial score (nSPS) is 32.4. The molecular formula is C22H33F. The predicted octanol–water partition coefficient (Wildman–Crippen LogP) is 7.10. The fourth-order valence-corrected chi connectivity index (χ4v) is 5.23. The molecule has 2 unspecified atom stereocenters. The lowest BCUT2D eigenvalue weighted by molar-refractivity contribution is 0.211. The van der Waals surface area contributed by atoms with Crippen LogP contribution in [0.3, 0.4) is 0 Å². The molecule has 1 aromatic carbocycles. The first-order valence-electron chi connectivity index (χ1n) is 10.0. The van der Waals surface area contributed by atoms with Crippen molar-refractivity contribution in [3.63, 3.8) is 0 Å². The fourth-order valence-electron chi connectivity index (χ4n) is 5.23. The van der Waals surface area contributed by atoms with E-state index in [1.54, 1.807) is 12.1 Å². The van der Waals surface area contributed by atoms with Gasteiger partial charge in [0.15, 0.2) is 0 Å². The second-order valence-electron chi connectivity index (χ2n) is 8.09. The zero-order chi connectivity index (χ0) is 16.1. The molecule has 1 aromatic rings. The van der Waals surface area contributed by atoms with Crippen LogP contribution < -0.4 is 0 Å². The Balaban J connectivity index is 1.49. The Labute approximate surface area is 141 Å². The molecule has 2 atom stereocenters. The van der Waals surface area contributed by atoms with E-state index < -0.39 is 0 Å². The molecule has 1 heteroatoms. The van der Waals surface area contributed by atoms with Gasteiger partial charge in [0, 0.05) is 0 Å². The lowest BCUT2D eigenvalue weighted by Crippen LogP contribution is -2.21. The van der Waals surface area contributed by atoms with E-state index in [2.05, 4.69) is 6.92 Å². The lowest BCUT2D eigenvalue weighted by Gasteiger charge is -2.34. The highest BCUT2D eigenvalue weighted by atomic mass is 19.1. The van der Waals surface area contributed by atoms with Gasteiger partial charge >= 0.3 is 0 Å². The third-order valence-corrected chi connectivity index (χ3v) is 6.61. The van der Waals surface area contributed by atoms with Crippen molar-refractivity contribution in [2.75, 3.05) is 0 Å². The van der Waals surface area contributed by atoms with E-state index >= 15 is 0 Å². The molecule has 2 aliphatic rings. The van der Waals surface area contributed by atoms with E-state index in [1.165, 1.54) is 76.2 Å². The molecule has 23 heavy (non-hydrogen) atoms. The summed E-state index contributed by atoms with van der Waals surface area (Å²) in [6.45, 7) is 2.33. The van der Waals surface area contributed by atoms with Crippen LogP contribution in [0.2, 0.25) is 0 Å². The smallest absolute Gasteiger partial charge is 0.123 e. The molecule has 0 nitrogen and oxygen atoms in total. The molecule has 2 saturated carbocycles. The van der Waals surface area contributed by atoms with Gasteiger partial charge in [0.25, 0.3) is 0 Å². The quantitative estimate of drug-likeness (QED) is 0.520. The maximum Gasteiger partial charge on any atom is 0.123 e. The Hall–Kier alpha value is -0.850. The molecule has 0 amide bonds. The highest BCUT2D eigenvalue weighted by Gasteiger charge is 2.29. The number of hydrogen-bond acceptors (Lipinski definition) is 0. The van der Waals surface area contributed by atoms with E-state index in [0.29, 0.717) is 5.92 Å². The van der Waals surface area contributed by atoms with Crippen LogP contribution >= 0.6 is 0 Å². The standard InChI is InChI=1S/C22H33F/c1-2-4-17-5-3-6-18(8-7-17)19-9-11-20(12-10-19)21-13-15-22(23)16-14-21/h13-20H,2-12H2,1H3. The highest BCUT2D eigenvalue weighted by Crippen LogP contribution is 2.43. The average Bonchev–Trinajstić information content (AvgIpc) is 2.82. The third kappa shape index (κ3) is 4.58. The monoisotopic (exact) mass is 316 g/mol. The van der Waals surface area contributed by atoms with Crippen molar-refractivity contribution in [1.29, 1.82) is 0 Å². The van der Waals surface area contributed by atoms with Crippen LogP contribution in [0.5, 0.6) is 0 Å². The van der Waals surface area contributed by atoms with Crippen molar-refractivity contribution in [1.82, 2.24) is 0 Å². The van der Waals surface area contributed by atoms with Gasteiger partial charge in [-0.1, -0.05) is 57.6 Å². The fraction of sp³-hybridized carbons (Fsp3) is 0.727. The molecule has 2 fully saturated rings. The summed E-state index contributed by atoms with van der Waals surface area (Å²) in [6, 6.07) is 7.25. The Morgan fingerprint density at radius 3 is 2.17 bits per heavy atom. The van der Waals surface area contributed by atoms with Gasteiger partial charge in [-0.3, -0.25) is 0 Å². The summed E-state index contributed by atoms with van der Waals surface area (Å²) in [5, 5.41) is 0. The Kier molecular flexibility index (Phi) is 6.14. The van der Waals surface area contributed by atoms with E-state index in [0.717, 1.165) is 17.8 Å². The minimum atomic E-state index is -0.109.